The van der Waals surface area contributed by atoms with E-state index in [2.05, 4.69) is 0 Å². The van der Waals surface area contributed by atoms with E-state index in [1.54, 1.807) is 0 Å². The van der Waals surface area contributed by atoms with Crippen molar-refractivity contribution in [3.63, 3.8) is 0 Å². The molecule has 0 fully saturated rings. The lowest BCUT2D eigenvalue weighted by molar-refractivity contribution is -0.474. The van der Waals surface area contributed by atoms with Gasteiger partial charge in [0.15, 0.2) is 0 Å². The molecule has 0 spiro atoms. The molecule has 346 valence electrons. The third kappa shape index (κ3) is 7.38. The largest absolute Gasteiger partial charge is 0.473 e. The molecule has 0 aromatic carbocycles. The number of hydrogen-bond donors (Lipinski definition) is 0. The average molecular weight is 954 g/mol. The van der Waals surface area contributed by atoms with E-state index in [9.17, 15) is 159 Å². The van der Waals surface area contributed by atoms with Gasteiger partial charge < -0.3 is 9.47 Å². The summed E-state index contributed by atoms with van der Waals surface area (Å²) in [7, 11) is 0. The smallest absolute Gasteiger partial charge is 0.396 e. The van der Waals surface area contributed by atoms with Crippen molar-refractivity contribution < 1.29 is 168 Å². The van der Waals surface area contributed by atoms with Gasteiger partial charge in [-0.25, -0.2) is 0 Å². The number of alkyl halides is 34. The van der Waals surface area contributed by atoms with Crippen LogP contribution < -0.4 is 0 Å². The number of ether oxygens (including phenoxy) is 2. The van der Waals surface area contributed by atoms with Crippen molar-refractivity contribution in [3.8, 4) is 0 Å². The van der Waals surface area contributed by atoms with Crippen LogP contribution in [0.3, 0.4) is 0 Å². The molecule has 0 amide bonds. The van der Waals surface area contributed by atoms with E-state index in [0.29, 0.717) is 0 Å². The van der Waals surface area contributed by atoms with Crippen LogP contribution in [0.4, 0.5) is 149 Å². The number of rotatable bonds is 17. The fraction of sp³-hybridized carbons (Fsp3) is 0.900. The molecule has 0 bridgehead atoms. The summed E-state index contributed by atoms with van der Waals surface area (Å²) in [6, 6.07) is 0. The number of esters is 2. The summed E-state index contributed by atoms with van der Waals surface area (Å²) in [5.74, 6) is -116. The van der Waals surface area contributed by atoms with Crippen LogP contribution in [-0.4, -0.2) is 108 Å². The van der Waals surface area contributed by atoms with Gasteiger partial charge in [-0.05, 0) is 0 Å². The Bertz CT molecular complexity index is 1400. The summed E-state index contributed by atoms with van der Waals surface area (Å²) >= 11 is 0. The zero-order valence-electron chi connectivity index (χ0n) is 24.9. The molecule has 0 saturated carbocycles. The van der Waals surface area contributed by atoms with Gasteiger partial charge in [-0.2, -0.15) is 149 Å². The maximum atomic E-state index is 13.7. The standard InChI is InChI=1S/C20H4F34O4/c21-5(22,9(29,30)13(37,38)17(45,46)47)7(25,26)11(33,34)15(41,42)19(51,52)57-3(55)1-2-4(56)58-20(53,54)16(43,44)12(35,36)8(27,28)6(23,24)10(31,32)14(39,40)18(48,49)50/h1-2H2. The highest BCUT2D eigenvalue weighted by Crippen LogP contribution is 2.66. The Morgan fingerprint density at radius 1 is 0.241 bits per heavy atom. The SMILES string of the molecule is O=C(CCC(=O)OC(F)(F)C(F)(F)C(F)(F)C(F)(F)C(F)(F)C(F)(F)C(F)(F)C(F)(F)F)OC(F)(F)C(F)(F)C(F)(F)C(F)(F)C(F)(F)C(F)(F)C(F)(F)C(F)(F)F. The molecule has 0 aliphatic rings. The normalized spacial score (nSPS) is 16.4. The molecule has 0 N–H and O–H groups in total. The van der Waals surface area contributed by atoms with Crippen LogP contribution in [0.15, 0.2) is 0 Å². The van der Waals surface area contributed by atoms with Gasteiger partial charge in [0.25, 0.3) is 0 Å². The van der Waals surface area contributed by atoms with Crippen LogP contribution in [-0.2, 0) is 19.1 Å². The zero-order chi connectivity index (χ0) is 48.0. The third-order valence-electron chi connectivity index (χ3n) is 6.40. The molecule has 0 heterocycles. The van der Waals surface area contributed by atoms with Crippen molar-refractivity contribution in [3.05, 3.63) is 0 Å². The van der Waals surface area contributed by atoms with Gasteiger partial charge in [0.2, 0.25) is 0 Å². The molecule has 0 radical (unpaired) electrons. The van der Waals surface area contributed by atoms with Crippen LogP contribution in [0.5, 0.6) is 0 Å². The van der Waals surface area contributed by atoms with E-state index in [1.165, 1.54) is 0 Å². The highest BCUT2D eigenvalue weighted by atomic mass is 19.4. The lowest BCUT2D eigenvalue weighted by Crippen LogP contribution is -2.74. The Morgan fingerprint density at radius 2 is 0.379 bits per heavy atom. The molecule has 4 nitrogen and oxygen atoms in total. The second-order valence-electron chi connectivity index (χ2n) is 10.4. The molecule has 0 atom stereocenters. The molecule has 0 unspecified atom stereocenters. The van der Waals surface area contributed by atoms with Crippen molar-refractivity contribution >= 4 is 11.9 Å². The van der Waals surface area contributed by atoms with E-state index in [4.69, 9.17) is 0 Å². The topological polar surface area (TPSA) is 52.6 Å². The van der Waals surface area contributed by atoms with Gasteiger partial charge in [-0.15, -0.1) is 0 Å². The summed E-state index contributed by atoms with van der Waals surface area (Å²) < 4.78 is 451. The lowest BCUT2D eigenvalue weighted by Gasteiger charge is -2.42. The van der Waals surface area contributed by atoms with Crippen LogP contribution in [0.2, 0.25) is 0 Å². The maximum Gasteiger partial charge on any atom is 0.473 e. The van der Waals surface area contributed by atoms with Gasteiger partial charge in [-0.1, -0.05) is 0 Å². The van der Waals surface area contributed by atoms with E-state index in [-0.39, 0.29) is 0 Å². The van der Waals surface area contributed by atoms with Gasteiger partial charge in [0.05, 0.1) is 12.8 Å². The van der Waals surface area contributed by atoms with Crippen molar-refractivity contribution in [2.75, 3.05) is 0 Å². The Kier molecular flexibility index (Phi) is 13.2. The summed E-state index contributed by atoms with van der Waals surface area (Å²) in [5.41, 5.74) is 0. The van der Waals surface area contributed by atoms with E-state index < -0.39 is 120 Å². The fourth-order valence-corrected chi connectivity index (χ4v) is 3.02. The first-order valence-electron chi connectivity index (χ1n) is 12.4. The summed E-state index contributed by atoms with van der Waals surface area (Å²) in [6.45, 7) is 0. The van der Waals surface area contributed by atoms with Gasteiger partial charge in [0, 0.05) is 0 Å². The van der Waals surface area contributed by atoms with Crippen LogP contribution >= 0.6 is 0 Å². The van der Waals surface area contributed by atoms with E-state index in [1.807, 2.05) is 9.47 Å². The minimum Gasteiger partial charge on any atom is -0.396 e. The molecule has 0 aromatic rings. The number of hydrogen-bond acceptors (Lipinski definition) is 4. The van der Waals surface area contributed by atoms with Crippen LogP contribution in [0, 0.1) is 0 Å². The van der Waals surface area contributed by atoms with Crippen molar-refractivity contribution in [2.45, 2.75) is 108 Å². The third-order valence-corrected chi connectivity index (χ3v) is 6.40. The maximum absolute atomic E-state index is 13.7. The predicted octanol–water partition coefficient (Wildman–Crippen LogP) is 10.8. The first-order chi connectivity index (χ1) is 24.5. The van der Waals surface area contributed by atoms with Gasteiger partial charge >= 0.3 is 108 Å². The number of carbonyl (C=O) groups excluding carboxylic acids is 2. The van der Waals surface area contributed by atoms with Crippen LogP contribution in [0.1, 0.15) is 12.8 Å². The lowest BCUT2D eigenvalue weighted by atomic mass is 9.90. The first-order valence-corrected chi connectivity index (χ1v) is 12.4. The number of carbonyl (C=O) groups is 2. The highest BCUT2D eigenvalue weighted by Gasteiger charge is 2.97. The van der Waals surface area contributed by atoms with E-state index in [0.717, 1.165) is 0 Å². The van der Waals surface area contributed by atoms with Crippen molar-refractivity contribution in [1.29, 1.82) is 0 Å². The zero-order valence-corrected chi connectivity index (χ0v) is 24.9. The van der Waals surface area contributed by atoms with Crippen LogP contribution in [0.25, 0.3) is 0 Å². The Labute approximate surface area is 290 Å². The molecule has 0 rings (SSSR count). The quantitative estimate of drug-likeness (QED) is 0.108. The predicted molar refractivity (Wildman–Crippen MR) is 103 cm³/mol. The monoisotopic (exact) mass is 954 g/mol. The summed E-state index contributed by atoms with van der Waals surface area (Å²) in [6.07, 6.45) is -38.7. The van der Waals surface area contributed by atoms with Gasteiger partial charge in [0.1, 0.15) is 0 Å². The Balaban J connectivity index is 6.47. The molecule has 0 aliphatic carbocycles. The molecule has 0 saturated heterocycles. The second-order valence-corrected chi connectivity index (χ2v) is 10.4. The van der Waals surface area contributed by atoms with Crippen molar-refractivity contribution in [1.82, 2.24) is 0 Å². The Hall–Kier alpha value is -3.44. The second kappa shape index (κ2) is 14.1. The summed E-state index contributed by atoms with van der Waals surface area (Å²) in [4.78, 5) is 22.4. The molecular formula is C20H4F34O4. The molecule has 0 aliphatic heterocycles. The molecule has 0 aromatic heterocycles. The Morgan fingerprint density at radius 3 is 0.534 bits per heavy atom. The average Bonchev–Trinajstić information content (AvgIpc) is 2.97. The molecule has 58 heavy (non-hydrogen) atoms. The summed E-state index contributed by atoms with van der Waals surface area (Å²) in [5, 5.41) is 0. The van der Waals surface area contributed by atoms with Crippen molar-refractivity contribution in [2.24, 2.45) is 0 Å². The minimum absolute atomic E-state index is 1.92. The molecular weight excluding hydrogens is 950 g/mol. The van der Waals surface area contributed by atoms with E-state index >= 15 is 0 Å². The number of halogens is 34. The van der Waals surface area contributed by atoms with Gasteiger partial charge in [-0.3, -0.25) is 9.59 Å². The minimum atomic E-state index is -9.27. The fourth-order valence-electron chi connectivity index (χ4n) is 3.02. The molecule has 38 heteroatoms. The first kappa shape index (κ1) is 54.6. The highest BCUT2D eigenvalue weighted by molar-refractivity contribution is 5.78.